The topological polar surface area (TPSA) is 49.9 Å². The Labute approximate surface area is 180 Å². The standard InChI is InChI=1S/C23H29F3N2O3/c1-16-7-3-6-14-27(16)21(30)19-15-31-22(12-4-2-5-13-22)28(19)20(29)17-8-10-18(11-9-17)23(24,25)26/h8-11,16,19H,2-7,12-15H2,1H3/t16-,19+/m0/s1. The molecule has 8 heteroatoms. The molecule has 0 N–H and O–H groups in total. The molecule has 1 aromatic rings. The number of rotatable bonds is 2. The molecule has 2 aliphatic heterocycles. The number of benzene rings is 1. The lowest BCUT2D eigenvalue weighted by molar-refractivity contribution is -0.140. The van der Waals surface area contributed by atoms with Gasteiger partial charge in [-0.15, -0.1) is 0 Å². The molecule has 4 rings (SSSR count). The van der Waals surface area contributed by atoms with Crippen LogP contribution < -0.4 is 0 Å². The normalized spacial score (nSPS) is 26.3. The molecule has 2 saturated heterocycles. The highest BCUT2D eigenvalue weighted by molar-refractivity contribution is 5.98. The molecule has 0 unspecified atom stereocenters. The molecule has 3 aliphatic rings. The van der Waals surface area contributed by atoms with Gasteiger partial charge in [0.05, 0.1) is 12.2 Å². The van der Waals surface area contributed by atoms with Crippen LogP contribution in [-0.2, 0) is 15.7 Å². The van der Waals surface area contributed by atoms with Crippen molar-refractivity contribution in [2.45, 2.75) is 82.3 Å². The molecule has 1 aliphatic carbocycles. The van der Waals surface area contributed by atoms with Crippen LogP contribution in [0, 0.1) is 0 Å². The summed E-state index contributed by atoms with van der Waals surface area (Å²) >= 11 is 0. The summed E-state index contributed by atoms with van der Waals surface area (Å²) in [6.45, 7) is 2.81. The SMILES string of the molecule is C[C@H]1CCCCN1C(=O)[C@H]1COC2(CCCCC2)N1C(=O)c1ccc(C(F)(F)F)cc1. The summed E-state index contributed by atoms with van der Waals surface area (Å²) in [5.74, 6) is -0.550. The quantitative estimate of drug-likeness (QED) is 0.678. The van der Waals surface area contributed by atoms with Crippen LogP contribution in [0.15, 0.2) is 24.3 Å². The Kier molecular flexibility index (Phi) is 6.03. The third kappa shape index (κ3) is 4.19. The van der Waals surface area contributed by atoms with E-state index in [2.05, 4.69) is 0 Å². The minimum atomic E-state index is -4.47. The van der Waals surface area contributed by atoms with Crippen molar-refractivity contribution in [3.8, 4) is 0 Å². The van der Waals surface area contributed by atoms with Gasteiger partial charge in [-0.1, -0.05) is 6.42 Å². The average Bonchev–Trinajstić information content (AvgIpc) is 3.11. The number of carbonyl (C=O) groups excluding carboxylic acids is 2. The van der Waals surface area contributed by atoms with E-state index in [-0.39, 0.29) is 24.1 Å². The number of hydrogen-bond donors (Lipinski definition) is 0. The van der Waals surface area contributed by atoms with Crippen molar-refractivity contribution in [3.63, 3.8) is 0 Å². The fourth-order valence-electron chi connectivity index (χ4n) is 5.22. The van der Waals surface area contributed by atoms with E-state index in [0.29, 0.717) is 19.4 Å². The Morgan fingerprint density at radius 3 is 2.32 bits per heavy atom. The van der Waals surface area contributed by atoms with Crippen molar-refractivity contribution in [1.29, 1.82) is 0 Å². The van der Waals surface area contributed by atoms with Gasteiger partial charge in [-0.25, -0.2) is 0 Å². The van der Waals surface area contributed by atoms with E-state index < -0.39 is 29.4 Å². The molecule has 2 amide bonds. The van der Waals surface area contributed by atoms with E-state index in [4.69, 9.17) is 4.74 Å². The second-order valence-electron chi connectivity index (χ2n) is 8.96. The van der Waals surface area contributed by atoms with Crippen molar-refractivity contribution in [2.24, 2.45) is 0 Å². The van der Waals surface area contributed by atoms with Gasteiger partial charge in [0.15, 0.2) is 0 Å². The highest BCUT2D eigenvalue weighted by Crippen LogP contribution is 2.42. The predicted octanol–water partition coefficient (Wildman–Crippen LogP) is 4.61. The molecule has 170 valence electrons. The summed E-state index contributed by atoms with van der Waals surface area (Å²) in [6.07, 6.45) is 2.55. The number of nitrogens with zero attached hydrogens (tertiary/aromatic N) is 2. The number of alkyl halides is 3. The van der Waals surface area contributed by atoms with Gasteiger partial charge in [0.25, 0.3) is 5.91 Å². The average molecular weight is 438 g/mol. The predicted molar refractivity (Wildman–Crippen MR) is 108 cm³/mol. The fourth-order valence-corrected chi connectivity index (χ4v) is 5.22. The van der Waals surface area contributed by atoms with E-state index in [9.17, 15) is 22.8 Å². The number of piperidine rings is 1. The Balaban J connectivity index is 1.65. The van der Waals surface area contributed by atoms with Crippen LogP contribution in [0.5, 0.6) is 0 Å². The molecule has 1 aromatic carbocycles. The second kappa shape index (κ2) is 8.45. The third-order valence-electron chi connectivity index (χ3n) is 6.94. The molecule has 1 saturated carbocycles. The molecule has 3 fully saturated rings. The van der Waals surface area contributed by atoms with Crippen LogP contribution in [-0.4, -0.2) is 52.6 Å². The van der Waals surface area contributed by atoms with E-state index >= 15 is 0 Å². The molecule has 0 aromatic heterocycles. The van der Waals surface area contributed by atoms with Crippen molar-refractivity contribution < 1.29 is 27.5 Å². The molecular weight excluding hydrogens is 409 g/mol. The Morgan fingerprint density at radius 1 is 1.03 bits per heavy atom. The van der Waals surface area contributed by atoms with E-state index in [0.717, 1.165) is 50.7 Å². The number of amides is 2. The number of halogens is 3. The Hall–Kier alpha value is -2.09. The molecule has 2 atom stereocenters. The summed E-state index contributed by atoms with van der Waals surface area (Å²) in [4.78, 5) is 30.4. The minimum Gasteiger partial charge on any atom is -0.353 e. The van der Waals surface area contributed by atoms with E-state index in [1.165, 1.54) is 12.1 Å². The molecule has 1 spiro atoms. The van der Waals surface area contributed by atoms with Gasteiger partial charge in [-0.2, -0.15) is 13.2 Å². The third-order valence-corrected chi connectivity index (χ3v) is 6.94. The van der Waals surface area contributed by atoms with Gasteiger partial charge in [-0.05, 0) is 76.1 Å². The summed E-state index contributed by atoms with van der Waals surface area (Å²) < 4.78 is 45.0. The van der Waals surface area contributed by atoms with Crippen molar-refractivity contribution in [2.75, 3.05) is 13.2 Å². The molecule has 31 heavy (non-hydrogen) atoms. The lowest BCUT2D eigenvalue weighted by Crippen LogP contribution is -2.58. The van der Waals surface area contributed by atoms with Crippen molar-refractivity contribution >= 4 is 11.8 Å². The lowest BCUT2D eigenvalue weighted by Gasteiger charge is -2.43. The summed E-state index contributed by atoms with van der Waals surface area (Å²) in [5.41, 5.74) is -1.51. The van der Waals surface area contributed by atoms with Gasteiger partial charge < -0.3 is 9.64 Å². The van der Waals surface area contributed by atoms with E-state index in [1.54, 1.807) is 4.90 Å². The summed E-state index contributed by atoms with van der Waals surface area (Å²) in [7, 11) is 0. The highest BCUT2D eigenvalue weighted by Gasteiger charge is 2.54. The van der Waals surface area contributed by atoms with Crippen molar-refractivity contribution in [3.05, 3.63) is 35.4 Å². The highest BCUT2D eigenvalue weighted by atomic mass is 19.4. The largest absolute Gasteiger partial charge is 0.416 e. The second-order valence-corrected chi connectivity index (χ2v) is 8.96. The van der Waals surface area contributed by atoms with Gasteiger partial charge in [0, 0.05) is 18.2 Å². The zero-order valence-electron chi connectivity index (χ0n) is 17.8. The van der Waals surface area contributed by atoms with Crippen molar-refractivity contribution in [1.82, 2.24) is 9.80 Å². The van der Waals surface area contributed by atoms with Crippen LogP contribution in [0.2, 0.25) is 0 Å². The Morgan fingerprint density at radius 2 is 1.71 bits per heavy atom. The first-order valence-corrected chi connectivity index (χ1v) is 11.2. The molecule has 0 radical (unpaired) electrons. The number of ether oxygens (including phenoxy) is 1. The maximum atomic E-state index is 13.6. The number of carbonyl (C=O) groups is 2. The Bertz CT molecular complexity index is 818. The van der Waals surface area contributed by atoms with Gasteiger partial charge in [-0.3, -0.25) is 14.5 Å². The maximum absolute atomic E-state index is 13.6. The number of hydrogen-bond acceptors (Lipinski definition) is 3. The zero-order chi connectivity index (χ0) is 22.2. The van der Waals surface area contributed by atoms with Gasteiger partial charge in [0.2, 0.25) is 5.91 Å². The summed E-state index contributed by atoms with van der Waals surface area (Å²) in [5, 5.41) is 0. The summed E-state index contributed by atoms with van der Waals surface area (Å²) in [6, 6.07) is 3.60. The van der Waals surface area contributed by atoms with Crippen LogP contribution in [0.4, 0.5) is 13.2 Å². The van der Waals surface area contributed by atoms with Crippen LogP contribution >= 0.6 is 0 Å². The molecule has 2 heterocycles. The monoisotopic (exact) mass is 438 g/mol. The molecule has 5 nitrogen and oxygen atoms in total. The van der Waals surface area contributed by atoms with Gasteiger partial charge >= 0.3 is 6.18 Å². The fraction of sp³-hybridized carbons (Fsp3) is 0.652. The van der Waals surface area contributed by atoms with Gasteiger partial charge in [0.1, 0.15) is 11.8 Å². The van der Waals surface area contributed by atoms with E-state index in [1.807, 2.05) is 11.8 Å². The smallest absolute Gasteiger partial charge is 0.353 e. The van der Waals surface area contributed by atoms with Crippen LogP contribution in [0.25, 0.3) is 0 Å². The lowest BCUT2D eigenvalue weighted by atomic mass is 9.89. The van der Waals surface area contributed by atoms with Crippen LogP contribution in [0.1, 0.15) is 74.2 Å². The molecular formula is C23H29F3N2O3. The first-order valence-electron chi connectivity index (χ1n) is 11.2. The number of likely N-dealkylation sites (tertiary alicyclic amines) is 1. The maximum Gasteiger partial charge on any atom is 0.416 e. The zero-order valence-corrected chi connectivity index (χ0v) is 17.8. The molecule has 0 bridgehead atoms. The first kappa shape index (κ1) is 22.1. The van der Waals surface area contributed by atoms with Crippen LogP contribution in [0.3, 0.4) is 0 Å². The first-order chi connectivity index (χ1) is 14.7. The minimum absolute atomic E-state index is 0.104.